The second-order valence-corrected chi connectivity index (χ2v) is 9.46. The molecule has 3 rings (SSSR count). The van der Waals surface area contributed by atoms with Crippen LogP contribution < -0.4 is 0 Å². The number of fused-ring (bicyclic) bond motifs is 1. The number of amides is 1. The third-order valence-corrected chi connectivity index (χ3v) is 7.54. The van der Waals surface area contributed by atoms with Crippen molar-refractivity contribution < 1.29 is 18.0 Å². The quantitative estimate of drug-likeness (QED) is 0.693. The molecule has 0 N–H and O–H groups in total. The molecule has 0 bridgehead atoms. The van der Waals surface area contributed by atoms with Crippen molar-refractivity contribution in [2.75, 3.05) is 31.9 Å². The number of hydrogen-bond acceptors (Lipinski definition) is 4. The number of likely N-dealkylation sites (tertiary alicyclic amines) is 1. The number of allylic oxidation sites excluding steroid dienone is 1. The first-order valence-corrected chi connectivity index (χ1v) is 11.0. The molecule has 1 atom stereocenters. The first-order valence-electron chi connectivity index (χ1n) is 9.42. The largest absolute Gasteiger partial charge is 0.342 e. The number of piperidine rings is 2. The van der Waals surface area contributed by atoms with E-state index < -0.39 is 10.0 Å². The maximum Gasteiger partial charge on any atom is 0.222 e. The Kier molecular flexibility index (Phi) is 5.94. The molecule has 7 heteroatoms. The highest BCUT2D eigenvalue weighted by Crippen LogP contribution is 2.33. The summed E-state index contributed by atoms with van der Waals surface area (Å²) in [6.45, 7) is 2.10. The molecule has 0 radical (unpaired) electrons. The van der Waals surface area contributed by atoms with Gasteiger partial charge in [-0.05, 0) is 38.0 Å². The average molecular weight is 368 g/mol. The molecule has 2 heterocycles. The molecule has 2 fully saturated rings. The van der Waals surface area contributed by atoms with Crippen LogP contribution in [0.2, 0.25) is 0 Å². The number of ketones is 1. The molecule has 140 valence electrons. The summed E-state index contributed by atoms with van der Waals surface area (Å²) in [4.78, 5) is 25.1. The molecular weight excluding hydrogens is 340 g/mol. The lowest BCUT2D eigenvalue weighted by Gasteiger charge is -2.35. The summed E-state index contributed by atoms with van der Waals surface area (Å²) in [7, 11) is -3.30. The Morgan fingerprint density at radius 3 is 2.68 bits per heavy atom. The standard InChI is InChI=1S/C18H28N2O4S/c21-17-8-10-19(11-9-17)18(22)6-3-13-25(23,24)20-12-7-15-4-1-2-5-16(15)14-20/h5,15H,1-4,6-14H2. The number of rotatable bonds is 5. The summed E-state index contributed by atoms with van der Waals surface area (Å²) in [5, 5.41) is 0. The fraction of sp³-hybridized carbons (Fsp3) is 0.778. The smallest absolute Gasteiger partial charge is 0.222 e. The SMILES string of the molecule is O=C1CCN(C(=O)CCCS(=O)(=O)N2CCC3CCCC=C3C2)CC1. The van der Waals surface area contributed by atoms with Gasteiger partial charge in [-0.15, -0.1) is 0 Å². The van der Waals surface area contributed by atoms with E-state index in [2.05, 4.69) is 6.08 Å². The van der Waals surface area contributed by atoms with Gasteiger partial charge in [0.1, 0.15) is 5.78 Å². The van der Waals surface area contributed by atoms with Gasteiger partial charge in [-0.1, -0.05) is 11.6 Å². The summed E-state index contributed by atoms with van der Waals surface area (Å²) < 4.78 is 26.8. The van der Waals surface area contributed by atoms with Gasteiger partial charge in [0.05, 0.1) is 5.75 Å². The highest BCUT2D eigenvalue weighted by Gasteiger charge is 2.31. The second kappa shape index (κ2) is 7.99. The molecule has 0 saturated carbocycles. The van der Waals surface area contributed by atoms with Crippen molar-refractivity contribution >= 4 is 21.7 Å². The number of carbonyl (C=O) groups is 2. The molecule has 25 heavy (non-hydrogen) atoms. The van der Waals surface area contributed by atoms with Gasteiger partial charge < -0.3 is 4.90 Å². The molecule has 1 aliphatic carbocycles. The van der Waals surface area contributed by atoms with Crippen LogP contribution in [0.3, 0.4) is 0 Å². The van der Waals surface area contributed by atoms with Gasteiger partial charge >= 0.3 is 0 Å². The van der Waals surface area contributed by atoms with Gasteiger partial charge in [-0.3, -0.25) is 9.59 Å². The fourth-order valence-corrected chi connectivity index (χ4v) is 5.54. The van der Waals surface area contributed by atoms with E-state index in [1.807, 2.05) is 0 Å². The first kappa shape index (κ1) is 18.6. The predicted molar refractivity (Wildman–Crippen MR) is 95.5 cm³/mol. The fourth-order valence-electron chi connectivity index (χ4n) is 4.05. The van der Waals surface area contributed by atoms with Gasteiger partial charge in [-0.2, -0.15) is 4.31 Å². The number of carbonyl (C=O) groups excluding carboxylic acids is 2. The monoisotopic (exact) mass is 368 g/mol. The summed E-state index contributed by atoms with van der Waals surface area (Å²) in [6, 6.07) is 0. The Morgan fingerprint density at radius 1 is 1.16 bits per heavy atom. The van der Waals surface area contributed by atoms with Crippen molar-refractivity contribution in [3.8, 4) is 0 Å². The zero-order valence-electron chi connectivity index (χ0n) is 14.8. The molecule has 0 aromatic carbocycles. The van der Waals surface area contributed by atoms with Crippen molar-refractivity contribution in [2.24, 2.45) is 5.92 Å². The highest BCUT2D eigenvalue weighted by atomic mass is 32.2. The lowest BCUT2D eigenvalue weighted by Crippen LogP contribution is -2.42. The third kappa shape index (κ3) is 4.70. The predicted octanol–water partition coefficient (Wildman–Crippen LogP) is 1.72. The Hall–Kier alpha value is -1.21. The van der Waals surface area contributed by atoms with Crippen LogP contribution >= 0.6 is 0 Å². The van der Waals surface area contributed by atoms with Gasteiger partial charge in [-0.25, -0.2) is 8.42 Å². The zero-order chi connectivity index (χ0) is 17.9. The maximum atomic E-state index is 12.6. The third-order valence-electron chi connectivity index (χ3n) is 5.63. The summed E-state index contributed by atoms with van der Waals surface area (Å²) in [6.07, 6.45) is 8.05. The Bertz CT molecular complexity index is 646. The Morgan fingerprint density at radius 2 is 1.92 bits per heavy atom. The van der Waals surface area contributed by atoms with Gasteiger partial charge in [0.2, 0.25) is 15.9 Å². The molecule has 1 amide bonds. The van der Waals surface area contributed by atoms with E-state index in [0.717, 1.165) is 12.8 Å². The van der Waals surface area contributed by atoms with E-state index in [9.17, 15) is 18.0 Å². The van der Waals surface area contributed by atoms with Gasteiger partial charge in [0.25, 0.3) is 0 Å². The topological polar surface area (TPSA) is 74.8 Å². The number of nitrogens with zero attached hydrogens (tertiary/aromatic N) is 2. The Labute approximate surface area is 150 Å². The minimum atomic E-state index is -3.30. The first-order chi connectivity index (χ1) is 12.0. The molecule has 0 aromatic rings. The molecule has 0 aromatic heterocycles. The van der Waals surface area contributed by atoms with Crippen LogP contribution in [0.5, 0.6) is 0 Å². The minimum Gasteiger partial charge on any atom is -0.342 e. The van der Waals surface area contributed by atoms with E-state index in [0.29, 0.717) is 51.4 Å². The van der Waals surface area contributed by atoms with Crippen LogP contribution in [0.1, 0.15) is 51.4 Å². The number of hydrogen-bond donors (Lipinski definition) is 0. The average Bonchev–Trinajstić information content (AvgIpc) is 2.61. The molecule has 6 nitrogen and oxygen atoms in total. The van der Waals surface area contributed by atoms with Crippen LogP contribution in [-0.4, -0.2) is 61.2 Å². The lowest BCUT2D eigenvalue weighted by molar-refractivity contribution is -0.134. The van der Waals surface area contributed by atoms with E-state index in [4.69, 9.17) is 0 Å². The zero-order valence-corrected chi connectivity index (χ0v) is 15.6. The van der Waals surface area contributed by atoms with Crippen molar-refractivity contribution in [3.05, 3.63) is 11.6 Å². The van der Waals surface area contributed by atoms with Crippen molar-refractivity contribution in [2.45, 2.75) is 51.4 Å². The van der Waals surface area contributed by atoms with E-state index in [1.54, 1.807) is 9.21 Å². The molecule has 0 spiro atoms. The van der Waals surface area contributed by atoms with Crippen LogP contribution in [0, 0.1) is 5.92 Å². The van der Waals surface area contributed by atoms with Crippen molar-refractivity contribution in [1.29, 1.82) is 0 Å². The van der Waals surface area contributed by atoms with Gasteiger partial charge in [0.15, 0.2) is 0 Å². The number of Topliss-reactive ketones (excluding diaryl/α,β-unsaturated/α-hetero) is 1. The maximum absolute atomic E-state index is 12.6. The molecule has 1 unspecified atom stereocenters. The summed E-state index contributed by atoms with van der Waals surface area (Å²) in [5.74, 6) is 0.774. The summed E-state index contributed by atoms with van der Waals surface area (Å²) in [5.41, 5.74) is 1.29. The van der Waals surface area contributed by atoms with Crippen LogP contribution in [0.25, 0.3) is 0 Å². The van der Waals surface area contributed by atoms with Crippen LogP contribution in [-0.2, 0) is 19.6 Å². The lowest BCUT2D eigenvalue weighted by atomic mass is 9.83. The molecule has 2 saturated heterocycles. The van der Waals surface area contributed by atoms with Crippen molar-refractivity contribution in [1.82, 2.24) is 9.21 Å². The molecular formula is C18H28N2O4S. The van der Waals surface area contributed by atoms with Gasteiger partial charge in [0, 0.05) is 45.4 Å². The highest BCUT2D eigenvalue weighted by molar-refractivity contribution is 7.89. The van der Waals surface area contributed by atoms with E-state index in [1.165, 1.54) is 18.4 Å². The Balaban J connectivity index is 1.46. The van der Waals surface area contributed by atoms with Crippen LogP contribution in [0.4, 0.5) is 0 Å². The molecule has 3 aliphatic rings. The van der Waals surface area contributed by atoms with Crippen LogP contribution in [0.15, 0.2) is 11.6 Å². The number of sulfonamides is 1. The van der Waals surface area contributed by atoms with E-state index in [-0.39, 0.29) is 23.9 Å². The van der Waals surface area contributed by atoms with Crippen molar-refractivity contribution in [3.63, 3.8) is 0 Å². The normalized spacial score (nSPS) is 25.4. The minimum absolute atomic E-state index is 0.0311. The summed E-state index contributed by atoms with van der Waals surface area (Å²) >= 11 is 0. The molecule has 2 aliphatic heterocycles. The second-order valence-electron chi connectivity index (χ2n) is 7.37. The van der Waals surface area contributed by atoms with E-state index >= 15 is 0 Å².